The molecule has 0 spiro atoms. The number of nitrogens with one attached hydrogen (secondary N) is 2. The van der Waals surface area contributed by atoms with Crippen LogP contribution in [0.15, 0.2) is 30.6 Å². The van der Waals surface area contributed by atoms with Crippen molar-refractivity contribution in [1.82, 2.24) is 20.5 Å². The summed E-state index contributed by atoms with van der Waals surface area (Å²) >= 11 is 0. The SMILES string of the molecule is Cc1cncc(C(=O)NC2CC3CCC(C2)N3Cc2ccc(OC[C@H]3CCC(=O)N3)c(C)c2C)c1. The Balaban J connectivity index is 1.19. The molecular weight excluding hydrogens is 440 g/mol. The largest absolute Gasteiger partial charge is 0.491 e. The molecule has 186 valence electrons. The van der Waals surface area contributed by atoms with E-state index in [1.54, 1.807) is 12.4 Å². The fraction of sp³-hybridized carbons (Fsp3) is 0.536. The Kier molecular flexibility index (Phi) is 6.78. The molecule has 3 atom stereocenters. The van der Waals surface area contributed by atoms with Crippen molar-refractivity contribution in [2.24, 2.45) is 0 Å². The molecule has 3 aliphatic rings. The number of carbonyl (C=O) groups is 2. The molecule has 0 aliphatic carbocycles. The second-order valence-electron chi connectivity index (χ2n) is 10.5. The molecule has 3 aliphatic heterocycles. The van der Waals surface area contributed by atoms with Crippen LogP contribution in [0.1, 0.15) is 71.1 Å². The van der Waals surface area contributed by atoms with Crippen molar-refractivity contribution in [3.8, 4) is 5.75 Å². The third kappa shape index (κ3) is 5.20. The van der Waals surface area contributed by atoms with Crippen molar-refractivity contribution in [1.29, 1.82) is 0 Å². The highest BCUT2D eigenvalue weighted by Crippen LogP contribution is 2.38. The van der Waals surface area contributed by atoms with Crippen LogP contribution >= 0.6 is 0 Å². The summed E-state index contributed by atoms with van der Waals surface area (Å²) in [7, 11) is 0. The summed E-state index contributed by atoms with van der Waals surface area (Å²) in [6.45, 7) is 7.72. The van der Waals surface area contributed by atoms with E-state index in [4.69, 9.17) is 4.74 Å². The zero-order valence-electron chi connectivity index (χ0n) is 21.0. The lowest BCUT2D eigenvalue weighted by Crippen LogP contribution is -2.50. The van der Waals surface area contributed by atoms with E-state index in [1.165, 1.54) is 29.5 Å². The molecule has 2 unspecified atom stereocenters. The molecule has 0 saturated carbocycles. The predicted molar refractivity (Wildman–Crippen MR) is 134 cm³/mol. The molecule has 0 radical (unpaired) electrons. The van der Waals surface area contributed by atoms with Gasteiger partial charge in [-0.3, -0.25) is 19.5 Å². The molecule has 2 amide bonds. The maximum absolute atomic E-state index is 12.7. The lowest BCUT2D eigenvalue weighted by molar-refractivity contribution is -0.119. The van der Waals surface area contributed by atoms with E-state index < -0.39 is 0 Å². The minimum atomic E-state index is -0.0155. The molecule has 35 heavy (non-hydrogen) atoms. The first-order chi connectivity index (χ1) is 16.9. The van der Waals surface area contributed by atoms with Crippen LogP contribution in [0.2, 0.25) is 0 Å². The highest BCUT2D eigenvalue weighted by Gasteiger charge is 2.41. The number of fused-ring (bicyclic) bond motifs is 2. The zero-order chi connectivity index (χ0) is 24.5. The van der Waals surface area contributed by atoms with Gasteiger partial charge in [0.15, 0.2) is 0 Å². The number of piperidine rings is 1. The highest BCUT2D eigenvalue weighted by atomic mass is 16.5. The number of hydrogen-bond donors (Lipinski definition) is 2. The molecule has 7 heteroatoms. The van der Waals surface area contributed by atoms with E-state index in [0.717, 1.165) is 37.1 Å². The van der Waals surface area contributed by atoms with Gasteiger partial charge in [0.05, 0.1) is 11.6 Å². The van der Waals surface area contributed by atoms with E-state index in [2.05, 4.69) is 46.5 Å². The van der Waals surface area contributed by atoms with Gasteiger partial charge in [-0.1, -0.05) is 6.07 Å². The van der Waals surface area contributed by atoms with Gasteiger partial charge in [0.2, 0.25) is 5.91 Å². The molecule has 2 aromatic rings. The average molecular weight is 477 g/mol. The Hall–Kier alpha value is -2.93. The van der Waals surface area contributed by atoms with Crippen LogP contribution in [0.25, 0.3) is 0 Å². The maximum atomic E-state index is 12.7. The van der Waals surface area contributed by atoms with E-state index in [1.807, 2.05) is 13.0 Å². The molecule has 3 fully saturated rings. The number of rotatable bonds is 7. The van der Waals surface area contributed by atoms with Gasteiger partial charge in [-0.2, -0.15) is 0 Å². The second kappa shape index (κ2) is 9.97. The lowest BCUT2D eigenvalue weighted by Gasteiger charge is -2.39. The third-order valence-corrected chi connectivity index (χ3v) is 8.08. The van der Waals surface area contributed by atoms with Gasteiger partial charge in [0, 0.05) is 43.5 Å². The van der Waals surface area contributed by atoms with E-state index >= 15 is 0 Å². The molecule has 3 saturated heterocycles. The first-order valence-corrected chi connectivity index (χ1v) is 12.9. The molecule has 5 rings (SSSR count). The minimum absolute atomic E-state index is 0.0155. The Morgan fingerprint density at radius 1 is 1.11 bits per heavy atom. The van der Waals surface area contributed by atoms with Crippen LogP contribution in [0, 0.1) is 20.8 Å². The summed E-state index contributed by atoms with van der Waals surface area (Å²) in [6, 6.07) is 7.50. The summed E-state index contributed by atoms with van der Waals surface area (Å²) in [4.78, 5) is 31.0. The standard InChI is InChI=1S/C28H36N4O3/c1-17-10-21(14-29-13-17)28(34)31-23-11-24-6-7-25(12-23)32(24)15-20-4-8-26(19(3)18(20)2)35-16-22-5-9-27(33)30-22/h4,8,10,13-14,22-25H,5-7,9,11-12,15-16H2,1-3H3,(H,30,33)(H,31,34)/t22-,23?,24?,25?/m1/s1. The fourth-order valence-corrected chi connectivity index (χ4v) is 5.97. The number of benzene rings is 1. The number of hydrogen-bond acceptors (Lipinski definition) is 5. The van der Waals surface area contributed by atoms with Gasteiger partial charge in [0.1, 0.15) is 12.4 Å². The normalized spacial score (nSPS) is 26.0. The fourth-order valence-electron chi connectivity index (χ4n) is 5.97. The molecule has 7 nitrogen and oxygen atoms in total. The Bertz CT molecular complexity index is 1100. The molecular formula is C28H36N4O3. The van der Waals surface area contributed by atoms with E-state index in [0.29, 0.717) is 30.7 Å². The number of carbonyl (C=O) groups excluding carboxylic acids is 2. The monoisotopic (exact) mass is 476 g/mol. The van der Waals surface area contributed by atoms with Gasteiger partial charge >= 0.3 is 0 Å². The number of ether oxygens (including phenoxy) is 1. The van der Waals surface area contributed by atoms with Gasteiger partial charge in [-0.05, 0) is 87.3 Å². The van der Waals surface area contributed by atoms with Gasteiger partial charge in [-0.25, -0.2) is 0 Å². The summed E-state index contributed by atoms with van der Waals surface area (Å²) in [6.07, 6.45) is 9.22. The Morgan fingerprint density at radius 2 is 1.89 bits per heavy atom. The first-order valence-electron chi connectivity index (χ1n) is 12.9. The molecule has 2 N–H and O–H groups in total. The topological polar surface area (TPSA) is 83.6 Å². The average Bonchev–Trinajstić information content (AvgIpc) is 3.35. The minimum Gasteiger partial charge on any atom is -0.491 e. The summed E-state index contributed by atoms with van der Waals surface area (Å²) < 4.78 is 6.07. The highest BCUT2D eigenvalue weighted by molar-refractivity contribution is 5.94. The van der Waals surface area contributed by atoms with Gasteiger partial charge < -0.3 is 15.4 Å². The molecule has 1 aromatic carbocycles. The molecule has 2 bridgehead atoms. The number of nitrogens with zero attached hydrogens (tertiary/aromatic N) is 2. The van der Waals surface area contributed by atoms with Crippen molar-refractivity contribution >= 4 is 11.8 Å². The van der Waals surface area contributed by atoms with Crippen molar-refractivity contribution in [3.63, 3.8) is 0 Å². The molecule has 1 aromatic heterocycles. The van der Waals surface area contributed by atoms with Crippen molar-refractivity contribution in [3.05, 3.63) is 58.4 Å². The van der Waals surface area contributed by atoms with Crippen LogP contribution in [0.4, 0.5) is 0 Å². The second-order valence-corrected chi connectivity index (χ2v) is 10.5. The van der Waals surface area contributed by atoms with Crippen LogP contribution in [-0.2, 0) is 11.3 Å². The van der Waals surface area contributed by atoms with Crippen molar-refractivity contribution in [2.45, 2.75) is 90.0 Å². The number of pyridine rings is 1. The smallest absolute Gasteiger partial charge is 0.253 e. The number of aryl methyl sites for hydroxylation is 1. The lowest BCUT2D eigenvalue weighted by atomic mass is 9.95. The zero-order valence-corrected chi connectivity index (χ0v) is 21.0. The number of amides is 2. The van der Waals surface area contributed by atoms with Crippen molar-refractivity contribution in [2.75, 3.05) is 6.61 Å². The van der Waals surface area contributed by atoms with Crippen LogP contribution in [-0.4, -0.2) is 52.5 Å². The van der Waals surface area contributed by atoms with E-state index in [9.17, 15) is 9.59 Å². The van der Waals surface area contributed by atoms with Gasteiger partial charge in [-0.15, -0.1) is 0 Å². The maximum Gasteiger partial charge on any atom is 0.253 e. The Labute approximate surface area is 207 Å². The summed E-state index contributed by atoms with van der Waals surface area (Å²) in [5, 5.41) is 6.23. The summed E-state index contributed by atoms with van der Waals surface area (Å²) in [5.41, 5.74) is 5.44. The quantitative estimate of drug-likeness (QED) is 0.638. The van der Waals surface area contributed by atoms with E-state index in [-0.39, 0.29) is 23.9 Å². The van der Waals surface area contributed by atoms with Crippen LogP contribution in [0.5, 0.6) is 5.75 Å². The third-order valence-electron chi connectivity index (χ3n) is 8.08. The van der Waals surface area contributed by atoms with Crippen molar-refractivity contribution < 1.29 is 14.3 Å². The first kappa shape index (κ1) is 23.8. The van der Waals surface area contributed by atoms with Crippen LogP contribution in [0.3, 0.4) is 0 Å². The molecule has 4 heterocycles. The summed E-state index contributed by atoms with van der Waals surface area (Å²) in [5.74, 6) is 1.01. The predicted octanol–water partition coefficient (Wildman–Crippen LogP) is 3.59. The number of aromatic nitrogens is 1. The Morgan fingerprint density at radius 3 is 2.57 bits per heavy atom. The van der Waals surface area contributed by atoms with Gasteiger partial charge in [0.25, 0.3) is 5.91 Å². The van der Waals surface area contributed by atoms with Crippen LogP contribution < -0.4 is 15.4 Å².